The summed E-state index contributed by atoms with van der Waals surface area (Å²) in [5, 5.41) is 0. The number of ether oxygens (including phenoxy) is 1. The highest BCUT2D eigenvalue weighted by Gasteiger charge is 2.25. The average Bonchev–Trinajstić information content (AvgIpc) is 3.04. The third-order valence-electron chi connectivity index (χ3n) is 4.25. The van der Waals surface area contributed by atoms with E-state index in [1.807, 2.05) is 54.1 Å². The zero-order chi connectivity index (χ0) is 14.4. The molecule has 0 radical (unpaired) electrons. The standard InChI is InChI=1S/C17H16N2O2/c1-18-14-7-3-4-8-15(14)19(17(18)20)10-12-11-21-16-9-5-2-6-13(12)16/h2-9,12H,10-11H2,1H3. The van der Waals surface area contributed by atoms with E-state index in [1.54, 1.807) is 4.57 Å². The second-order valence-electron chi connectivity index (χ2n) is 5.49. The predicted molar refractivity (Wildman–Crippen MR) is 81.9 cm³/mol. The van der Waals surface area contributed by atoms with Crippen LogP contribution in [0.5, 0.6) is 5.75 Å². The number of aromatic nitrogens is 2. The summed E-state index contributed by atoms with van der Waals surface area (Å²) >= 11 is 0. The van der Waals surface area contributed by atoms with E-state index in [9.17, 15) is 4.79 Å². The molecule has 21 heavy (non-hydrogen) atoms. The summed E-state index contributed by atoms with van der Waals surface area (Å²) in [5.74, 6) is 1.17. The molecule has 1 aliphatic heterocycles. The van der Waals surface area contributed by atoms with Gasteiger partial charge in [-0.1, -0.05) is 30.3 Å². The van der Waals surface area contributed by atoms with Gasteiger partial charge in [-0.2, -0.15) is 0 Å². The first-order chi connectivity index (χ1) is 10.3. The fourth-order valence-corrected chi connectivity index (χ4v) is 3.14. The van der Waals surface area contributed by atoms with Crippen LogP contribution in [0, 0.1) is 0 Å². The summed E-state index contributed by atoms with van der Waals surface area (Å²) in [6.45, 7) is 1.28. The Bertz CT molecular complexity index is 876. The number of nitrogens with zero attached hydrogens (tertiary/aromatic N) is 2. The minimum Gasteiger partial charge on any atom is -0.493 e. The minimum absolute atomic E-state index is 0.0283. The molecule has 4 rings (SSSR count). The van der Waals surface area contributed by atoms with E-state index < -0.39 is 0 Å². The number of fused-ring (bicyclic) bond motifs is 2. The Hall–Kier alpha value is -2.49. The van der Waals surface area contributed by atoms with Crippen molar-refractivity contribution in [1.29, 1.82) is 0 Å². The van der Waals surface area contributed by atoms with E-state index in [0.717, 1.165) is 16.8 Å². The maximum atomic E-state index is 12.5. The van der Waals surface area contributed by atoms with Gasteiger partial charge in [0.25, 0.3) is 0 Å². The first kappa shape index (κ1) is 12.3. The lowest BCUT2D eigenvalue weighted by Crippen LogP contribution is -2.25. The molecule has 4 heteroatoms. The highest BCUT2D eigenvalue weighted by molar-refractivity contribution is 5.75. The van der Waals surface area contributed by atoms with Crippen molar-refractivity contribution in [2.75, 3.05) is 6.61 Å². The SMILES string of the molecule is Cn1c(=O)n(CC2COc3ccccc32)c2ccccc21. The lowest BCUT2D eigenvalue weighted by atomic mass is 10.0. The van der Waals surface area contributed by atoms with Crippen LogP contribution >= 0.6 is 0 Å². The molecule has 0 spiro atoms. The first-order valence-electron chi connectivity index (χ1n) is 7.11. The molecular formula is C17H16N2O2. The molecule has 2 aromatic carbocycles. The Morgan fingerprint density at radius 1 is 1.10 bits per heavy atom. The summed E-state index contributed by atoms with van der Waals surface area (Å²) in [4.78, 5) is 12.5. The van der Waals surface area contributed by atoms with Crippen LogP contribution in [0.15, 0.2) is 53.3 Å². The third-order valence-corrected chi connectivity index (χ3v) is 4.25. The van der Waals surface area contributed by atoms with Gasteiger partial charge in [0.2, 0.25) is 0 Å². The Kier molecular flexibility index (Phi) is 2.64. The summed E-state index contributed by atoms with van der Waals surface area (Å²) < 4.78 is 9.28. The Morgan fingerprint density at radius 3 is 2.67 bits per heavy atom. The van der Waals surface area contributed by atoms with Crippen LogP contribution in [-0.2, 0) is 13.6 Å². The zero-order valence-electron chi connectivity index (χ0n) is 11.8. The monoisotopic (exact) mass is 280 g/mol. The normalized spacial score (nSPS) is 16.9. The van der Waals surface area contributed by atoms with Gasteiger partial charge >= 0.3 is 5.69 Å². The van der Waals surface area contributed by atoms with Crippen LogP contribution in [0.4, 0.5) is 0 Å². The zero-order valence-corrected chi connectivity index (χ0v) is 11.8. The second-order valence-corrected chi connectivity index (χ2v) is 5.49. The molecule has 1 atom stereocenters. The smallest absolute Gasteiger partial charge is 0.328 e. The van der Waals surface area contributed by atoms with Crippen LogP contribution in [0.25, 0.3) is 11.0 Å². The summed E-state index contributed by atoms with van der Waals surface area (Å²) in [6.07, 6.45) is 0. The average molecular weight is 280 g/mol. The predicted octanol–water partition coefficient (Wildman–Crippen LogP) is 2.52. The number of aryl methyl sites for hydroxylation is 1. The fourth-order valence-electron chi connectivity index (χ4n) is 3.14. The molecule has 1 aliphatic rings. The molecule has 0 aliphatic carbocycles. The molecule has 4 nitrogen and oxygen atoms in total. The van der Waals surface area contributed by atoms with Crippen LogP contribution < -0.4 is 10.4 Å². The van der Waals surface area contributed by atoms with Crippen LogP contribution in [0.1, 0.15) is 11.5 Å². The number of para-hydroxylation sites is 3. The highest BCUT2D eigenvalue weighted by atomic mass is 16.5. The molecule has 1 aromatic heterocycles. The van der Waals surface area contributed by atoms with Crippen molar-refractivity contribution in [2.24, 2.45) is 7.05 Å². The summed E-state index contributed by atoms with van der Waals surface area (Å²) in [7, 11) is 1.82. The topological polar surface area (TPSA) is 36.2 Å². The van der Waals surface area contributed by atoms with Crippen molar-refractivity contribution in [2.45, 2.75) is 12.5 Å². The second kappa shape index (κ2) is 4.52. The van der Waals surface area contributed by atoms with Gasteiger partial charge in [0, 0.05) is 25.1 Å². The van der Waals surface area contributed by atoms with Crippen molar-refractivity contribution < 1.29 is 4.74 Å². The Morgan fingerprint density at radius 2 is 1.81 bits per heavy atom. The van der Waals surface area contributed by atoms with Crippen LogP contribution in [0.2, 0.25) is 0 Å². The molecule has 0 bridgehead atoms. The highest BCUT2D eigenvalue weighted by Crippen LogP contribution is 2.34. The molecule has 106 valence electrons. The molecule has 1 unspecified atom stereocenters. The molecular weight excluding hydrogens is 264 g/mol. The Balaban J connectivity index is 1.80. The number of rotatable bonds is 2. The van der Waals surface area contributed by atoms with Crippen LogP contribution in [-0.4, -0.2) is 15.7 Å². The van der Waals surface area contributed by atoms with Crippen molar-refractivity contribution in [3.8, 4) is 5.75 Å². The van der Waals surface area contributed by atoms with Gasteiger partial charge in [0.1, 0.15) is 5.75 Å². The van der Waals surface area contributed by atoms with Gasteiger partial charge in [-0.3, -0.25) is 9.13 Å². The van der Waals surface area contributed by atoms with E-state index in [1.165, 1.54) is 5.56 Å². The van der Waals surface area contributed by atoms with Gasteiger partial charge in [-0.05, 0) is 18.2 Å². The molecule has 0 amide bonds. The number of hydrogen-bond acceptors (Lipinski definition) is 2. The van der Waals surface area contributed by atoms with E-state index in [0.29, 0.717) is 13.2 Å². The maximum Gasteiger partial charge on any atom is 0.328 e. The van der Waals surface area contributed by atoms with Crippen molar-refractivity contribution >= 4 is 11.0 Å². The minimum atomic E-state index is 0.0283. The third kappa shape index (κ3) is 1.79. The number of imidazole rings is 1. The van der Waals surface area contributed by atoms with Crippen molar-refractivity contribution in [1.82, 2.24) is 9.13 Å². The molecule has 2 heterocycles. The molecule has 0 N–H and O–H groups in total. The molecule has 3 aromatic rings. The summed E-state index contributed by atoms with van der Waals surface area (Å²) in [6, 6.07) is 16.0. The van der Waals surface area contributed by atoms with Gasteiger partial charge in [-0.25, -0.2) is 4.79 Å². The van der Waals surface area contributed by atoms with Crippen LogP contribution in [0.3, 0.4) is 0 Å². The van der Waals surface area contributed by atoms with Gasteiger partial charge in [0.05, 0.1) is 17.6 Å². The lowest BCUT2D eigenvalue weighted by Gasteiger charge is -2.10. The van der Waals surface area contributed by atoms with Gasteiger partial charge < -0.3 is 4.74 Å². The summed E-state index contributed by atoms with van der Waals surface area (Å²) in [5.41, 5.74) is 3.17. The molecule has 0 saturated heterocycles. The van der Waals surface area contributed by atoms with E-state index in [2.05, 4.69) is 6.07 Å². The quantitative estimate of drug-likeness (QED) is 0.723. The lowest BCUT2D eigenvalue weighted by molar-refractivity contribution is 0.319. The Labute approximate surface area is 122 Å². The van der Waals surface area contributed by atoms with E-state index in [4.69, 9.17) is 4.74 Å². The number of hydrogen-bond donors (Lipinski definition) is 0. The first-order valence-corrected chi connectivity index (χ1v) is 7.11. The fraction of sp³-hybridized carbons (Fsp3) is 0.235. The number of benzene rings is 2. The van der Waals surface area contributed by atoms with Crippen molar-refractivity contribution in [3.63, 3.8) is 0 Å². The van der Waals surface area contributed by atoms with Gasteiger partial charge in [-0.15, -0.1) is 0 Å². The maximum absolute atomic E-state index is 12.5. The largest absolute Gasteiger partial charge is 0.493 e. The molecule has 0 saturated carbocycles. The van der Waals surface area contributed by atoms with Crippen molar-refractivity contribution in [3.05, 3.63) is 64.6 Å². The van der Waals surface area contributed by atoms with E-state index >= 15 is 0 Å². The van der Waals surface area contributed by atoms with Gasteiger partial charge in [0.15, 0.2) is 0 Å². The molecule has 0 fully saturated rings. The van der Waals surface area contributed by atoms with E-state index in [-0.39, 0.29) is 11.6 Å².